The van der Waals surface area contributed by atoms with Gasteiger partial charge in [0.1, 0.15) is 0 Å². The predicted molar refractivity (Wildman–Crippen MR) is 122 cm³/mol. The second-order valence-corrected chi connectivity index (χ2v) is 6.91. The van der Waals surface area contributed by atoms with Gasteiger partial charge in [0.2, 0.25) is 5.91 Å². The molecule has 0 saturated carbocycles. The highest BCUT2D eigenvalue weighted by Crippen LogP contribution is 2.27. The van der Waals surface area contributed by atoms with Crippen molar-refractivity contribution in [3.05, 3.63) is 138 Å². The van der Waals surface area contributed by atoms with E-state index in [1.165, 1.54) is 0 Å². The Morgan fingerprint density at radius 1 is 0.600 bits per heavy atom. The van der Waals surface area contributed by atoms with E-state index in [4.69, 9.17) is 0 Å². The van der Waals surface area contributed by atoms with E-state index in [2.05, 4.69) is 17.2 Å². The highest BCUT2D eigenvalue weighted by atomic mass is 16.1. The van der Waals surface area contributed by atoms with Crippen molar-refractivity contribution in [1.29, 1.82) is 0 Å². The maximum absolute atomic E-state index is 13.4. The summed E-state index contributed by atoms with van der Waals surface area (Å²) >= 11 is 0. The van der Waals surface area contributed by atoms with Crippen LogP contribution in [-0.4, -0.2) is 5.91 Å². The lowest BCUT2D eigenvalue weighted by Crippen LogP contribution is -2.22. The number of hydrogen-bond donors (Lipinski definition) is 1. The van der Waals surface area contributed by atoms with E-state index in [1.807, 2.05) is 115 Å². The number of nitrogens with one attached hydrogen (secondary N) is 1. The van der Waals surface area contributed by atoms with Gasteiger partial charge in [-0.3, -0.25) is 4.79 Å². The smallest absolute Gasteiger partial charge is 0.236 e. The summed E-state index contributed by atoms with van der Waals surface area (Å²) in [6.07, 6.45) is 0. The van der Waals surface area contributed by atoms with Gasteiger partial charge in [-0.2, -0.15) is 0 Å². The Balaban J connectivity index is 1.65. The fourth-order valence-corrected chi connectivity index (χ4v) is 3.35. The van der Waals surface area contributed by atoms with Gasteiger partial charge in [-0.15, -0.1) is 0 Å². The third-order valence-corrected chi connectivity index (χ3v) is 4.83. The summed E-state index contributed by atoms with van der Waals surface area (Å²) in [5.41, 5.74) is 4.34. The number of anilines is 1. The average Bonchev–Trinajstić information content (AvgIpc) is 2.81. The maximum Gasteiger partial charge on any atom is 0.236 e. The first-order valence-electron chi connectivity index (χ1n) is 9.88. The first-order valence-corrected chi connectivity index (χ1v) is 9.88. The predicted octanol–water partition coefficient (Wildman–Crippen LogP) is 5.86. The van der Waals surface area contributed by atoms with Gasteiger partial charge in [-0.25, -0.2) is 0 Å². The molecule has 0 aliphatic heterocycles. The molecule has 0 saturated heterocycles. The van der Waals surface area contributed by atoms with Gasteiger partial charge in [-0.1, -0.05) is 103 Å². The van der Waals surface area contributed by atoms with Crippen molar-refractivity contribution in [2.24, 2.45) is 0 Å². The molecule has 1 N–H and O–H groups in total. The van der Waals surface area contributed by atoms with Gasteiger partial charge >= 0.3 is 0 Å². The van der Waals surface area contributed by atoms with Crippen LogP contribution < -0.4 is 5.32 Å². The highest BCUT2D eigenvalue weighted by Gasteiger charge is 2.23. The molecule has 0 radical (unpaired) electrons. The molecule has 1 amide bonds. The molecule has 30 heavy (non-hydrogen) atoms. The summed E-state index contributed by atoms with van der Waals surface area (Å²) in [5, 5.41) is 3.10. The second-order valence-electron chi connectivity index (χ2n) is 6.91. The number of benzene rings is 4. The van der Waals surface area contributed by atoms with E-state index in [9.17, 15) is 4.79 Å². The van der Waals surface area contributed by atoms with Crippen LogP contribution in [0.2, 0.25) is 0 Å². The number of carbonyl (C=O) groups is 1. The van der Waals surface area contributed by atoms with Crippen LogP contribution >= 0.6 is 0 Å². The Kier molecular flexibility index (Phi) is 6.03. The Hall–Kier alpha value is -4.09. The molecule has 4 rings (SSSR count). The zero-order valence-corrected chi connectivity index (χ0v) is 16.5. The molecule has 2 nitrogen and oxygen atoms in total. The summed E-state index contributed by atoms with van der Waals surface area (Å²) in [6, 6.07) is 37.1. The molecule has 0 aromatic heterocycles. The summed E-state index contributed by atoms with van der Waals surface area (Å²) in [5.74, 6) is 5.87. The van der Waals surface area contributed by atoms with Crippen molar-refractivity contribution in [3.8, 4) is 11.8 Å². The Morgan fingerprint density at radius 2 is 1.10 bits per heavy atom. The van der Waals surface area contributed by atoms with E-state index in [-0.39, 0.29) is 5.91 Å². The molecule has 0 atom stereocenters. The molecule has 0 spiro atoms. The van der Waals surface area contributed by atoms with E-state index in [1.54, 1.807) is 0 Å². The molecule has 0 heterocycles. The van der Waals surface area contributed by atoms with Crippen molar-refractivity contribution >= 4 is 11.6 Å². The molecular weight excluding hydrogens is 366 g/mol. The minimum Gasteiger partial charge on any atom is -0.324 e. The monoisotopic (exact) mass is 387 g/mol. The van der Waals surface area contributed by atoms with Gasteiger partial charge in [0.25, 0.3) is 0 Å². The third-order valence-electron chi connectivity index (χ3n) is 4.83. The molecule has 0 unspecified atom stereocenters. The zero-order valence-electron chi connectivity index (χ0n) is 16.5. The minimum atomic E-state index is -0.400. The molecule has 0 bridgehead atoms. The lowest BCUT2D eigenvalue weighted by atomic mass is 9.90. The first kappa shape index (κ1) is 19.2. The van der Waals surface area contributed by atoms with Gasteiger partial charge in [-0.05, 0) is 35.4 Å². The van der Waals surface area contributed by atoms with Gasteiger partial charge in [0, 0.05) is 11.1 Å². The molecule has 0 aliphatic carbocycles. The van der Waals surface area contributed by atoms with Gasteiger partial charge < -0.3 is 5.32 Å². The van der Waals surface area contributed by atoms with Gasteiger partial charge in [0.15, 0.2) is 0 Å². The Bertz CT molecular complexity index is 1130. The van der Waals surface area contributed by atoms with Crippen molar-refractivity contribution in [2.75, 3.05) is 5.32 Å². The number of carbonyl (C=O) groups excluding carboxylic acids is 1. The maximum atomic E-state index is 13.4. The van der Waals surface area contributed by atoms with Crippen LogP contribution in [-0.2, 0) is 4.79 Å². The van der Waals surface area contributed by atoms with Crippen molar-refractivity contribution in [2.45, 2.75) is 5.92 Å². The van der Waals surface area contributed by atoms with Crippen LogP contribution in [0.25, 0.3) is 0 Å². The first-order chi connectivity index (χ1) is 14.8. The van der Waals surface area contributed by atoms with Gasteiger partial charge in [0.05, 0.1) is 11.6 Å². The lowest BCUT2D eigenvalue weighted by molar-refractivity contribution is -0.116. The number of para-hydroxylation sites is 1. The van der Waals surface area contributed by atoms with Crippen molar-refractivity contribution in [3.63, 3.8) is 0 Å². The van der Waals surface area contributed by atoms with Crippen LogP contribution in [0.5, 0.6) is 0 Å². The Morgan fingerprint density at radius 3 is 1.70 bits per heavy atom. The van der Waals surface area contributed by atoms with Crippen molar-refractivity contribution in [1.82, 2.24) is 0 Å². The third kappa shape index (κ3) is 4.66. The summed E-state index contributed by atoms with van der Waals surface area (Å²) in [7, 11) is 0. The van der Waals surface area contributed by atoms with E-state index >= 15 is 0 Å². The summed E-state index contributed by atoms with van der Waals surface area (Å²) < 4.78 is 0. The normalized spacial score (nSPS) is 10.2. The van der Waals surface area contributed by atoms with Crippen LogP contribution in [0.4, 0.5) is 5.69 Å². The molecule has 0 fully saturated rings. The number of amides is 1. The molecule has 4 aromatic carbocycles. The SMILES string of the molecule is O=C(Nc1ccccc1C#Cc1ccccc1)C(c1ccccc1)c1ccccc1. The largest absolute Gasteiger partial charge is 0.324 e. The van der Waals surface area contributed by atoms with Crippen molar-refractivity contribution < 1.29 is 4.79 Å². The van der Waals surface area contributed by atoms with E-state index < -0.39 is 5.92 Å². The lowest BCUT2D eigenvalue weighted by Gasteiger charge is -2.18. The number of hydrogen-bond acceptors (Lipinski definition) is 1. The average molecular weight is 387 g/mol. The van der Waals surface area contributed by atoms with E-state index in [0.29, 0.717) is 5.69 Å². The Labute approximate surface area is 177 Å². The highest BCUT2D eigenvalue weighted by molar-refractivity contribution is 5.99. The van der Waals surface area contributed by atoms with Crippen LogP contribution in [0.3, 0.4) is 0 Å². The number of rotatable bonds is 4. The fraction of sp³-hybridized carbons (Fsp3) is 0.0357. The zero-order chi connectivity index (χ0) is 20.6. The van der Waals surface area contributed by atoms with Crippen LogP contribution in [0.1, 0.15) is 28.2 Å². The van der Waals surface area contributed by atoms with Crippen LogP contribution in [0.15, 0.2) is 115 Å². The van der Waals surface area contributed by atoms with Crippen LogP contribution in [0, 0.1) is 11.8 Å². The molecule has 4 aromatic rings. The molecule has 0 aliphatic rings. The molecular formula is C28H21NO. The molecule has 2 heteroatoms. The summed E-state index contributed by atoms with van der Waals surface area (Å²) in [4.78, 5) is 13.4. The quantitative estimate of drug-likeness (QED) is 0.437. The molecule has 144 valence electrons. The second kappa shape index (κ2) is 9.41. The summed E-state index contributed by atoms with van der Waals surface area (Å²) in [6.45, 7) is 0. The fourth-order valence-electron chi connectivity index (χ4n) is 3.35. The topological polar surface area (TPSA) is 29.1 Å². The minimum absolute atomic E-state index is 0.0821. The van der Waals surface area contributed by atoms with E-state index in [0.717, 1.165) is 22.3 Å². The standard InChI is InChI=1S/C28H21NO/c30-28(27(24-15-6-2-7-16-24)25-17-8-3-9-18-25)29-26-19-11-10-14-23(26)21-20-22-12-4-1-5-13-22/h1-19,27H,(H,29,30).